The van der Waals surface area contributed by atoms with Crippen molar-refractivity contribution in [3.63, 3.8) is 0 Å². The molecule has 1 aromatic rings. The highest BCUT2D eigenvalue weighted by Crippen LogP contribution is 2.37. The average molecular weight is 425 g/mol. The maximum Gasteiger partial charge on any atom is 0.295 e. The Kier molecular flexibility index (Phi) is 7.40. The quantitative estimate of drug-likeness (QED) is 0.507. The maximum atomic E-state index is 12.7. The first-order valence-electron chi connectivity index (χ1n) is 10.1. The van der Waals surface area contributed by atoms with Gasteiger partial charge >= 0.3 is 0 Å². The van der Waals surface area contributed by atoms with Crippen LogP contribution in [0, 0.1) is 21.4 Å². The number of nitrogens with one attached hydrogen (secondary N) is 1. The van der Waals surface area contributed by atoms with Crippen LogP contribution in [0.2, 0.25) is 0 Å². The van der Waals surface area contributed by atoms with E-state index in [1.807, 2.05) is 0 Å². The summed E-state index contributed by atoms with van der Waals surface area (Å²) in [6.45, 7) is 10.8. The molecule has 9 heteroatoms. The molecule has 1 aromatic carbocycles. The fraction of sp³-hybridized carbons (Fsp3) is 0.650. The predicted octanol–water partition coefficient (Wildman–Crippen LogP) is 4.63. The molecule has 0 radical (unpaired) electrons. The Morgan fingerprint density at radius 1 is 1.21 bits per heavy atom. The molecule has 8 nitrogen and oxygen atoms in total. The predicted molar refractivity (Wildman–Crippen MR) is 116 cm³/mol. The van der Waals surface area contributed by atoms with Crippen molar-refractivity contribution in [1.29, 1.82) is 0 Å². The number of nitro groups is 1. The number of hydrazone groups is 1. The minimum absolute atomic E-state index is 0.0863. The Hall–Kier alpha value is -2.00. The molecule has 1 aliphatic carbocycles. The maximum absolute atomic E-state index is 12.7. The van der Waals surface area contributed by atoms with Crippen LogP contribution in [-0.4, -0.2) is 36.4 Å². The van der Waals surface area contributed by atoms with Crippen molar-refractivity contribution in [3.05, 3.63) is 28.3 Å². The lowest BCUT2D eigenvalue weighted by molar-refractivity contribution is -0.384. The van der Waals surface area contributed by atoms with Gasteiger partial charge < -0.3 is 0 Å². The second-order valence-electron chi connectivity index (χ2n) is 8.46. The molecular formula is C20H32N4O4S. The van der Waals surface area contributed by atoms with Gasteiger partial charge in [-0.05, 0) is 49.1 Å². The molecule has 1 N–H and O–H groups in total. The minimum Gasteiger partial charge on any atom is -0.272 e. The third-order valence-corrected chi connectivity index (χ3v) is 7.68. The minimum atomic E-state index is -3.76. The SMILES string of the molecule is CCN(CC)S(=O)(=O)c1ccc(NN=C2CCC(C(C)(C)C)CC2)c([N+](=O)[O-])c1. The second-order valence-corrected chi connectivity index (χ2v) is 10.4. The molecule has 162 valence electrons. The zero-order valence-corrected chi connectivity index (χ0v) is 18.8. The van der Waals surface area contributed by atoms with E-state index in [1.165, 1.54) is 16.4 Å². The van der Waals surface area contributed by atoms with Crippen LogP contribution >= 0.6 is 0 Å². The molecule has 0 amide bonds. The standard InChI is InChI=1S/C20H32N4O4S/c1-6-23(7-2)29(27,28)17-12-13-18(19(14-17)24(25)26)22-21-16-10-8-15(9-11-16)20(3,4)5/h12-15,22H,6-11H2,1-5H3. The molecule has 0 unspecified atom stereocenters. The number of anilines is 1. The number of nitro benzene ring substituents is 1. The number of benzene rings is 1. The zero-order chi connectivity index (χ0) is 21.8. The third-order valence-electron chi connectivity index (χ3n) is 5.63. The summed E-state index contributed by atoms with van der Waals surface area (Å²) in [7, 11) is -3.76. The van der Waals surface area contributed by atoms with E-state index < -0.39 is 14.9 Å². The van der Waals surface area contributed by atoms with Crippen LogP contribution in [0.1, 0.15) is 60.3 Å². The van der Waals surface area contributed by atoms with Crippen LogP contribution in [0.4, 0.5) is 11.4 Å². The van der Waals surface area contributed by atoms with Gasteiger partial charge in [0.15, 0.2) is 0 Å². The Morgan fingerprint density at radius 2 is 1.79 bits per heavy atom. The summed E-state index contributed by atoms with van der Waals surface area (Å²) >= 11 is 0. The van der Waals surface area contributed by atoms with Crippen molar-refractivity contribution in [2.45, 2.75) is 65.2 Å². The van der Waals surface area contributed by atoms with Gasteiger partial charge in [-0.1, -0.05) is 34.6 Å². The van der Waals surface area contributed by atoms with Crippen molar-refractivity contribution in [2.75, 3.05) is 18.5 Å². The van der Waals surface area contributed by atoms with Gasteiger partial charge in [0.1, 0.15) is 5.69 Å². The van der Waals surface area contributed by atoms with Crippen molar-refractivity contribution in [2.24, 2.45) is 16.4 Å². The van der Waals surface area contributed by atoms with Crippen LogP contribution in [0.5, 0.6) is 0 Å². The lowest BCUT2D eigenvalue weighted by atomic mass is 9.72. The summed E-state index contributed by atoms with van der Waals surface area (Å²) in [6.07, 6.45) is 3.81. The number of hydrogen-bond donors (Lipinski definition) is 1. The molecule has 1 saturated carbocycles. The van der Waals surface area contributed by atoms with Crippen molar-refractivity contribution >= 4 is 27.1 Å². The summed E-state index contributed by atoms with van der Waals surface area (Å²) in [4.78, 5) is 10.9. The van der Waals surface area contributed by atoms with E-state index in [2.05, 4.69) is 31.3 Å². The van der Waals surface area contributed by atoms with Gasteiger partial charge in [-0.25, -0.2) is 8.42 Å². The highest BCUT2D eigenvalue weighted by Gasteiger charge is 2.28. The van der Waals surface area contributed by atoms with Gasteiger partial charge in [-0.15, -0.1) is 0 Å². The molecule has 0 heterocycles. The summed E-state index contributed by atoms with van der Waals surface area (Å²) in [5, 5.41) is 15.9. The van der Waals surface area contributed by atoms with E-state index in [9.17, 15) is 18.5 Å². The molecule has 0 saturated heterocycles. The number of hydrogen-bond acceptors (Lipinski definition) is 6. The molecule has 0 aromatic heterocycles. The third kappa shape index (κ3) is 5.54. The first kappa shape index (κ1) is 23.3. The number of rotatable bonds is 7. The van der Waals surface area contributed by atoms with Gasteiger partial charge in [0.25, 0.3) is 5.69 Å². The van der Waals surface area contributed by atoms with Crippen molar-refractivity contribution in [3.8, 4) is 0 Å². The lowest BCUT2D eigenvalue weighted by Gasteiger charge is -2.34. The summed E-state index contributed by atoms with van der Waals surface area (Å²) in [6, 6.07) is 3.91. The highest BCUT2D eigenvalue weighted by molar-refractivity contribution is 7.89. The van der Waals surface area contributed by atoms with Gasteiger partial charge in [0, 0.05) is 24.9 Å². The van der Waals surface area contributed by atoms with Crippen LogP contribution < -0.4 is 5.43 Å². The second kappa shape index (κ2) is 9.21. The van der Waals surface area contributed by atoms with Crippen LogP contribution in [-0.2, 0) is 10.0 Å². The van der Waals surface area contributed by atoms with Gasteiger partial charge in [0.05, 0.1) is 9.82 Å². The molecule has 29 heavy (non-hydrogen) atoms. The lowest BCUT2D eigenvalue weighted by Crippen LogP contribution is -2.30. The van der Waals surface area contributed by atoms with Crippen LogP contribution in [0.15, 0.2) is 28.2 Å². The fourth-order valence-electron chi connectivity index (χ4n) is 3.70. The summed E-state index contributed by atoms with van der Waals surface area (Å²) in [5.41, 5.74) is 3.94. The molecule has 1 aliphatic rings. The number of nitrogens with zero attached hydrogens (tertiary/aromatic N) is 3. The molecule has 0 spiro atoms. The van der Waals surface area contributed by atoms with Crippen LogP contribution in [0.3, 0.4) is 0 Å². The van der Waals surface area contributed by atoms with E-state index in [-0.39, 0.29) is 21.7 Å². The zero-order valence-electron chi connectivity index (χ0n) is 17.9. The highest BCUT2D eigenvalue weighted by atomic mass is 32.2. The average Bonchev–Trinajstić information content (AvgIpc) is 2.66. The normalized spacial score (nSPS) is 18.0. The monoisotopic (exact) mass is 424 g/mol. The molecule has 0 bridgehead atoms. The fourth-order valence-corrected chi connectivity index (χ4v) is 5.18. The smallest absolute Gasteiger partial charge is 0.272 e. The van der Waals surface area contributed by atoms with Gasteiger partial charge in [0.2, 0.25) is 10.0 Å². The van der Waals surface area contributed by atoms with Crippen LogP contribution in [0.25, 0.3) is 0 Å². The van der Waals surface area contributed by atoms with E-state index in [1.54, 1.807) is 13.8 Å². The van der Waals surface area contributed by atoms with Gasteiger partial charge in [-0.3, -0.25) is 15.5 Å². The van der Waals surface area contributed by atoms with Crippen molar-refractivity contribution in [1.82, 2.24) is 4.31 Å². The van der Waals surface area contributed by atoms with Crippen molar-refractivity contribution < 1.29 is 13.3 Å². The molecule has 0 aliphatic heterocycles. The Bertz CT molecular complexity index is 861. The molecule has 0 atom stereocenters. The first-order valence-corrected chi connectivity index (χ1v) is 11.5. The largest absolute Gasteiger partial charge is 0.295 e. The van der Waals surface area contributed by atoms with E-state index in [0.29, 0.717) is 19.0 Å². The van der Waals surface area contributed by atoms with E-state index in [0.717, 1.165) is 37.5 Å². The van der Waals surface area contributed by atoms with Gasteiger partial charge in [-0.2, -0.15) is 9.41 Å². The summed E-state index contributed by atoms with van der Waals surface area (Å²) in [5.74, 6) is 0.639. The first-order chi connectivity index (χ1) is 13.5. The summed E-state index contributed by atoms with van der Waals surface area (Å²) < 4.78 is 26.6. The van der Waals surface area contributed by atoms with E-state index >= 15 is 0 Å². The Morgan fingerprint density at radius 3 is 2.28 bits per heavy atom. The Balaban J connectivity index is 2.21. The molecule has 1 fully saturated rings. The topological polar surface area (TPSA) is 105 Å². The molecular weight excluding hydrogens is 392 g/mol. The molecule has 2 rings (SSSR count). The Labute approximate surface area is 173 Å². The number of sulfonamides is 1. The van der Waals surface area contributed by atoms with E-state index in [4.69, 9.17) is 0 Å².